The van der Waals surface area contributed by atoms with E-state index in [4.69, 9.17) is 16.4 Å². The first-order chi connectivity index (χ1) is 16.7. The summed E-state index contributed by atoms with van der Waals surface area (Å²) in [6, 6.07) is 7.54. The van der Waals surface area contributed by atoms with Gasteiger partial charge in [-0.3, -0.25) is 10.2 Å². The van der Waals surface area contributed by atoms with E-state index in [1.165, 1.54) is 25.7 Å². The molecule has 10 heteroatoms. The zero-order valence-corrected chi connectivity index (χ0v) is 20.5. The molecule has 0 radical (unpaired) electrons. The molecule has 1 aromatic carbocycles. The Kier molecular flexibility index (Phi) is 6.96. The molecule has 186 valence electrons. The second-order valence-corrected chi connectivity index (χ2v) is 10.1. The maximum atomic E-state index is 12.7. The van der Waals surface area contributed by atoms with Crippen LogP contribution in [-0.4, -0.2) is 73.7 Å². The lowest BCUT2D eigenvalue weighted by Gasteiger charge is -2.41. The van der Waals surface area contributed by atoms with Crippen molar-refractivity contribution in [2.24, 2.45) is 16.1 Å². The normalized spacial score (nSPS) is 20.8. The summed E-state index contributed by atoms with van der Waals surface area (Å²) in [5, 5.41) is 19.0. The molecule has 3 aliphatic rings. The fraction of sp³-hybridized carbons (Fsp3) is 0.560. The van der Waals surface area contributed by atoms with Gasteiger partial charge < -0.3 is 25.8 Å². The van der Waals surface area contributed by atoms with E-state index in [-0.39, 0.29) is 11.9 Å². The number of nitrogens with zero attached hydrogens (tertiary/aromatic N) is 5. The number of hydrogen-bond donors (Lipinski definition) is 3. The van der Waals surface area contributed by atoms with Crippen LogP contribution in [0, 0.1) is 22.2 Å². The van der Waals surface area contributed by atoms with Gasteiger partial charge in [0.1, 0.15) is 6.07 Å². The first-order valence-corrected chi connectivity index (χ1v) is 12.2. The molecule has 0 bridgehead atoms. The van der Waals surface area contributed by atoms with E-state index in [9.17, 15) is 9.59 Å². The van der Waals surface area contributed by atoms with E-state index in [0.29, 0.717) is 24.2 Å². The molecule has 3 fully saturated rings. The number of amides is 3. The van der Waals surface area contributed by atoms with Crippen LogP contribution in [0.2, 0.25) is 0 Å². The van der Waals surface area contributed by atoms with Gasteiger partial charge in [0, 0.05) is 46.2 Å². The van der Waals surface area contributed by atoms with Gasteiger partial charge in [0.25, 0.3) is 5.91 Å². The van der Waals surface area contributed by atoms with E-state index in [0.717, 1.165) is 37.2 Å². The molecule has 0 aromatic heterocycles. The highest BCUT2D eigenvalue weighted by Gasteiger charge is 2.37. The Morgan fingerprint density at radius 2 is 1.80 bits per heavy atom. The molecular weight excluding hydrogens is 444 g/mol. The van der Waals surface area contributed by atoms with E-state index in [1.54, 1.807) is 15.9 Å². The van der Waals surface area contributed by atoms with Gasteiger partial charge in [-0.2, -0.15) is 10.3 Å². The monoisotopic (exact) mass is 478 g/mol. The summed E-state index contributed by atoms with van der Waals surface area (Å²) in [6.45, 7) is 3.09. The zero-order chi connectivity index (χ0) is 25.2. The number of nitrogens with one attached hydrogen (secondary N) is 2. The van der Waals surface area contributed by atoms with Crippen LogP contribution >= 0.6 is 0 Å². The molecule has 0 atom stereocenters. The Labute approximate surface area is 206 Å². The number of rotatable bonds is 3. The molecule has 3 amide bonds. The van der Waals surface area contributed by atoms with Crippen LogP contribution < -0.4 is 16.0 Å². The Morgan fingerprint density at radius 3 is 2.40 bits per heavy atom. The van der Waals surface area contributed by atoms with Crippen LogP contribution in [0.3, 0.4) is 0 Å². The lowest BCUT2D eigenvalue weighted by Crippen LogP contribution is -2.49. The molecule has 4 N–H and O–H groups in total. The lowest BCUT2D eigenvalue weighted by atomic mass is 9.77. The molecular formula is C25H34N8O2. The highest BCUT2D eigenvalue weighted by atomic mass is 16.2. The van der Waals surface area contributed by atoms with Crippen molar-refractivity contribution in [1.29, 1.82) is 10.7 Å². The SMILES string of the molecule is CN1CC(c2ccc(NC(=O)C(N)=NC(=N)C#N)c(N3CCC4(CCCC4)CC3)c2)CN(C)C1=O. The summed E-state index contributed by atoms with van der Waals surface area (Å²) < 4.78 is 0. The largest absolute Gasteiger partial charge is 0.379 e. The summed E-state index contributed by atoms with van der Waals surface area (Å²) in [6.07, 6.45) is 7.51. The fourth-order valence-corrected chi connectivity index (χ4v) is 5.78. The van der Waals surface area contributed by atoms with Crippen LogP contribution in [-0.2, 0) is 4.79 Å². The molecule has 2 saturated heterocycles. The highest BCUT2D eigenvalue weighted by molar-refractivity contribution is 6.43. The van der Waals surface area contributed by atoms with E-state index in [2.05, 4.69) is 21.3 Å². The summed E-state index contributed by atoms with van der Waals surface area (Å²) >= 11 is 0. The first-order valence-electron chi connectivity index (χ1n) is 12.2. The van der Waals surface area contributed by atoms with Crippen molar-refractivity contribution in [3.63, 3.8) is 0 Å². The van der Waals surface area contributed by atoms with Crippen molar-refractivity contribution in [3.05, 3.63) is 23.8 Å². The van der Waals surface area contributed by atoms with E-state index in [1.807, 2.05) is 26.2 Å². The number of hydrogen-bond acceptors (Lipinski definition) is 5. The maximum Gasteiger partial charge on any atom is 0.319 e. The smallest absolute Gasteiger partial charge is 0.319 e. The maximum absolute atomic E-state index is 12.7. The Hall–Kier alpha value is -3.61. The van der Waals surface area contributed by atoms with Gasteiger partial charge in [-0.05, 0) is 48.8 Å². The van der Waals surface area contributed by atoms with Crippen molar-refractivity contribution in [2.45, 2.75) is 44.4 Å². The lowest BCUT2D eigenvalue weighted by molar-refractivity contribution is -0.110. The van der Waals surface area contributed by atoms with Gasteiger partial charge in [0.05, 0.1) is 11.4 Å². The molecule has 10 nitrogen and oxygen atoms in total. The molecule has 1 aliphatic carbocycles. The van der Waals surface area contributed by atoms with Crippen molar-refractivity contribution < 1.29 is 9.59 Å². The van der Waals surface area contributed by atoms with Gasteiger partial charge in [-0.25, -0.2) is 4.79 Å². The summed E-state index contributed by atoms with van der Waals surface area (Å²) in [5.41, 5.74) is 8.84. The predicted octanol–water partition coefficient (Wildman–Crippen LogP) is 2.72. The molecule has 4 rings (SSSR count). The fourth-order valence-electron chi connectivity index (χ4n) is 5.78. The molecule has 2 heterocycles. The number of nitrogens with two attached hydrogens (primary N) is 1. The Balaban J connectivity index is 1.61. The minimum atomic E-state index is -0.647. The van der Waals surface area contributed by atoms with Crippen molar-refractivity contribution in [2.75, 3.05) is 50.5 Å². The number of likely N-dealkylation sites (N-methyl/N-ethyl adjacent to an activating group) is 2. The van der Waals surface area contributed by atoms with Crippen molar-refractivity contribution in [3.8, 4) is 6.07 Å². The molecule has 1 aromatic rings. The minimum Gasteiger partial charge on any atom is -0.379 e. The second-order valence-electron chi connectivity index (χ2n) is 10.1. The molecule has 35 heavy (non-hydrogen) atoms. The third-order valence-corrected chi connectivity index (χ3v) is 7.78. The molecule has 1 saturated carbocycles. The van der Waals surface area contributed by atoms with Gasteiger partial charge in [0.2, 0.25) is 5.84 Å². The topological polar surface area (TPSA) is 142 Å². The van der Waals surface area contributed by atoms with Crippen LogP contribution in [0.5, 0.6) is 0 Å². The predicted molar refractivity (Wildman–Crippen MR) is 136 cm³/mol. The number of piperidine rings is 1. The van der Waals surface area contributed by atoms with Gasteiger partial charge in [-0.15, -0.1) is 0 Å². The van der Waals surface area contributed by atoms with Crippen LogP contribution in [0.1, 0.15) is 50.0 Å². The summed E-state index contributed by atoms with van der Waals surface area (Å²) in [7, 11) is 3.63. The van der Waals surface area contributed by atoms with Crippen LogP contribution in [0.4, 0.5) is 16.2 Å². The Morgan fingerprint density at radius 1 is 1.17 bits per heavy atom. The summed E-state index contributed by atoms with van der Waals surface area (Å²) in [4.78, 5) is 34.2. The number of amidine groups is 2. The number of urea groups is 1. The number of nitriles is 1. The van der Waals surface area contributed by atoms with Crippen LogP contribution in [0.15, 0.2) is 23.2 Å². The molecule has 1 spiro atoms. The van der Waals surface area contributed by atoms with Gasteiger partial charge >= 0.3 is 6.03 Å². The van der Waals surface area contributed by atoms with Gasteiger partial charge in [-0.1, -0.05) is 18.9 Å². The average Bonchev–Trinajstić information content (AvgIpc) is 3.30. The first kappa shape index (κ1) is 24.5. The van der Waals surface area contributed by atoms with Crippen LogP contribution in [0.25, 0.3) is 0 Å². The number of carbonyl (C=O) groups excluding carboxylic acids is 2. The van der Waals surface area contributed by atoms with Crippen molar-refractivity contribution in [1.82, 2.24) is 9.80 Å². The third-order valence-electron chi connectivity index (χ3n) is 7.78. The summed E-state index contributed by atoms with van der Waals surface area (Å²) in [5.74, 6) is -1.54. The molecule has 2 aliphatic heterocycles. The minimum absolute atomic E-state index is 0.0148. The third kappa shape index (κ3) is 5.24. The Bertz CT molecular complexity index is 1060. The second kappa shape index (κ2) is 9.94. The highest BCUT2D eigenvalue weighted by Crippen LogP contribution is 2.47. The number of carbonyl (C=O) groups is 2. The number of benzene rings is 1. The average molecular weight is 479 g/mol. The quantitative estimate of drug-likeness (QED) is 0.452. The molecule has 0 unspecified atom stereocenters. The van der Waals surface area contributed by atoms with E-state index >= 15 is 0 Å². The van der Waals surface area contributed by atoms with Gasteiger partial charge in [0.15, 0.2) is 5.84 Å². The standard InChI is InChI=1S/C25H34N8O2/c1-31-15-18(16-32(2)24(31)35)17-5-6-19(29-23(34)22(28)30-21(27)14-26)20(13-17)33-11-9-25(10-12-33)7-3-4-8-25/h5-6,13,18H,3-4,7-12,15-16H2,1-2H3,(H,29,34)(H3,27,28,30). The number of anilines is 2. The van der Waals surface area contributed by atoms with Crippen molar-refractivity contribution >= 4 is 35.0 Å². The number of aliphatic imine (C=N–C) groups is 1. The zero-order valence-electron chi connectivity index (χ0n) is 20.5. The van der Waals surface area contributed by atoms with E-state index < -0.39 is 17.6 Å².